The van der Waals surface area contributed by atoms with Gasteiger partial charge in [-0.15, -0.1) is 0 Å². The van der Waals surface area contributed by atoms with Gasteiger partial charge in [0.15, 0.2) is 0 Å². The number of phosphoric ester groups is 1. The lowest BCUT2D eigenvalue weighted by Crippen LogP contribution is -2.47. The summed E-state index contributed by atoms with van der Waals surface area (Å²) in [6.45, 7) is 6.49. The predicted molar refractivity (Wildman–Crippen MR) is 284 cm³/mol. The van der Waals surface area contributed by atoms with Crippen LogP contribution in [0.5, 0.6) is 0 Å². The molecule has 0 aliphatic rings. The minimum atomic E-state index is -4.72. The number of amides is 1. The van der Waals surface area contributed by atoms with E-state index in [-0.39, 0.29) is 31.3 Å². The maximum Gasteiger partial charge on any atom is 0.306 e. The van der Waals surface area contributed by atoms with Crippen molar-refractivity contribution >= 4 is 19.7 Å². The minimum Gasteiger partial charge on any atom is -0.756 e. The average Bonchev–Trinajstić information content (AvgIpc) is 3.28. The lowest BCUT2D eigenvalue weighted by atomic mass is 10.1. The lowest BCUT2D eigenvalue weighted by molar-refractivity contribution is -0.870. The Hall–Kier alpha value is -3.33. The van der Waals surface area contributed by atoms with Crippen LogP contribution in [0.25, 0.3) is 0 Å². The van der Waals surface area contributed by atoms with E-state index in [1.165, 1.54) is 44.9 Å². The summed E-state index contributed by atoms with van der Waals surface area (Å²) in [6.07, 6.45) is 62.2. The summed E-state index contributed by atoms with van der Waals surface area (Å²) in [7, 11) is 1.11. The Labute approximate surface area is 410 Å². The highest BCUT2D eigenvalue weighted by molar-refractivity contribution is 7.45. The van der Waals surface area contributed by atoms with Crippen LogP contribution in [-0.4, -0.2) is 69.4 Å². The largest absolute Gasteiger partial charge is 0.756 e. The number of carbonyl (C=O) groups is 2. The number of carbonyl (C=O) groups excluding carboxylic acids is 2. The van der Waals surface area contributed by atoms with Crippen LogP contribution < -0.4 is 10.2 Å². The number of quaternary nitrogens is 1. The second-order valence-electron chi connectivity index (χ2n) is 18.3. The molecule has 0 aromatic rings. The highest BCUT2D eigenvalue weighted by Gasteiger charge is 2.27. The zero-order valence-electron chi connectivity index (χ0n) is 43.3. The number of rotatable bonds is 45. The Balaban J connectivity index is 5.57. The molecule has 0 aromatic carbocycles. The van der Waals surface area contributed by atoms with E-state index < -0.39 is 26.6 Å². The average molecular weight is 953 g/mol. The van der Waals surface area contributed by atoms with Crippen molar-refractivity contribution in [1.29, 1.82) is 0 Å². The van der Waals surface area contributed by atoms with Gasteiger partial charge in [0.1, 0.15) is 19.3 Å². The van der Waals surface area contributed by atoms with E-state index in [1.54, 1.807) is 6.08 Å². The molecule has 0 aliphatic carbocycles. The molecule has 0 saturated heterocycles. The van der Waals surface area contributed by atoms with Crippen LogP contribution >= 0.6 is 7.82 Å². The Morgan fingerprint density at radius 2 is 0.970 bits per heavy atom. The van der Waals surface area contributed by atoms with Gasteiger partial charge in [0.05, 0.1) is 33.8 Å². The molecule has 0 aromatic heterocycles. The van der Waals surface area contributed by atoms with Crippen LogP contribution in [0.2, 0.25) is 0 Å². The molecule has 3 unspecified atom stereocenters. The fraction of sp³-hybridized carbons (Fsp3) is 0.649. The van der Waals surface area contributed by atoms with Crippen molar-refractivity contribution in [2.75, 3.05) is 40.9 Å². The number of hydrogen-bond donors (Lipinski definition) is 1. The monoisotopic (exact) mass is 953 g/mol. The van der Waals surface area contributed by atoms with E-state index in [4.69, 9.17) is 13.8 Å². The van der Waals surface area contributed by atoms with Crippen molar-refractivity contribution in [1.82, 2.24) is 5.32 Å². The molecule has 0 aliphatic heterocycles. The number of nitrogens with one attached hydrogen (secondary N) is 1. The molecule has 0 radical (unpaired) electrons. The fourth-order valence-electron chi connectivity index (χ4n) is 6.70. The van der Waals surface area contributed by atoms with Gasteiger partial charge >= 0.3 is 5.97 Å². The molecule has 0 rings (SSSR count). The van der Waals surface area contributed by atoms with E-state index in [2.05, 4.69) is 111 Å². The first-order chi connectivity index (χ1) is 32.4. The minimum absolute atomic E-state index is 0.0452. The van der Waals surface area contributed by atoms with Crippen LogP contribution in [0.3, 0.4) is 0 Å². The number of phosphoric acid groups is 1. The Morgan fingerprint density at radius 3 is 1.46 bits per heavy atom. The summed E-state index contributed by atoms with van der Waals surface area (Å²) in [5, 5.41) is 2.95. The Bertz CT molecular complexity index is 1520. The molecule has 0 spiro atoms. The quantitative estimate of drug-likeness (QED) is 0.0213. The number of esters is 1. The molecular weight excluding hydrogens is 856 g/mol. The van der Waals surface area contributed by atoms with Gasteiger partial charge in [0, 0.05) is 12.8 Å². The van der Waals surface area contributed by atoms with E-state index in [0.29, 0.717) is 23.9 Å². The van der Waals surface area contributed by atoms with Gasteiger partial charge in [-0.2, -0.15) is 0 Å². The standard InChI is InChI=1S/C57H97N2O7P/c1-7-10-13-16-19-22-25-27-29-30-31-34-37-40-43-46-49-56(60)58-54(53-65-67(62,63)64-52-51-59(4,5)6)55(48-45-42-39-36-33-24-21-18-15-12-9-3)66-57(61)50-47-44-41-38-35-32-28-26-23-20-17-14-11-8-2/h10-11,13-14,19-20,22-23,27-29,31-32,34,40,43,45,48,54-55H,7-9,12,15-18,21,24-26,30,33,35-39,41-42,44,46-47,49-53H2,1-6H3,(H-,58,60,62,63)/b13-10+,14-11+,22-19+,23-20+,29-27+,32-28+,34-31+,43-40+,48-45+. The first-order valence-corrected chi connectivity index (χ1v) is 27.7. The molecule has 10 heteroatoms. The van der Waals surface area contributed by atoms with Crippen LogP contribution in [0.15, 0.2) is 109 Å². The zero-order valence-corrected chi connectivity index (χ0v) is 44.2. The number of allylic oxidation sites excluding steroid dienone is 17. The Morgan fingerprint density at radius 1 is 0.537 bits per heavy atom. The van der Waals surface area contributed by atoms with Crippen LogP contribution in [0.4, 0.5) is 0 Å². The summed E-state index contributed by atoms with van der Waals surface area (Å²) in [6, 6.07) is -0.942. The zero-order chi connectivity index (χ0) is 49.4. The highest BCUT2D eigenvalue weighted by Crippen LogP contribution is 2.38. The van der Waals surface area contributed by atoms with Crippen molar-refractivity contribution in [2.24, 2.45) is 0 Å². The van der Waals surface area contributed by atoms with Crippen LogP contribution in [0, 0.1) is 0 Å². The number of likely N-dealkylation sites (N-methyl/N-ethyl adjacent to an activating group) is 1. The first-order valence-electron chi connectivity index (χ1n) is 26.2. The number of ether oxygens (including phenoxy) is 1. The van der Waals surface area contributed by atoms with Crippen molar-refractivity contribution in [3.63, 3.8) is 0 Å². The van der Waals surface area contributed by atoms with Gasteiger partial charge in [-0.1, -0.05) is 188 Å². The van der Waals surface area contributed by atoms with Gasteiger partial charge in [-0.05, 0) is 96.0 Å². The lowest BCUT2D eigenvalue weighted by Gasteiger charge is -2.30. The van der Waals surface area contributed by atoms with Gasteiger partial charge in [-0.25, -0.2) is 0 Å². The molecule has 1 N–H and O–H groups in total. The smallest absolute Gasteiger partial charge is 0.306 e. The molecule has 382 valence electrons. The number of nitrogens with zero attached hydrogens (tertiary/aromatic N) is 1. The topological polar surface area (TPSA) is 114 Å². The highest BCUT2D eigenvalue weighted by atomic mass is 31.2. The molecular formula is C57H97N2O7P. The number of unbranched alkanes of at least 4 members (excludes halogenated alkanes) is 13. The van der Waals surface area contributed by atoms with Crippen molar-refractivity contribution in [2.45, 2.75) is 200 Å². The fourth-order valence-corrected chi connectivity index (χ4v) is 7.42. The molecule has 0 bridgehead atoms. The first kappa shape index (κ1) is 63.7. The predicted octanol–water partition coefficient (Wildman–Crippen LogP) is 14.8. The summed E-state index contributed by atoms with van der Waals surface area (Å²) >= 11 is 0. The summed E-state index contributed by atoms with van der Waals surface area (Å²) < 4.78 is 30.0. The van der Waals surface area contributed by atoms with E-state index in [0.717, 1.165) is 96.3 Å². The molecule has 1 amide bonds. The summed E-state index contributed by atoms with van der Waals surface area (Å²) in [4.78, 5) is 39.6. The molecule has 0 heterocycles. The van der Waals surface area contributed by atoms with E-state index >= 15 is 0 Å². The van der Waals surface area contributed by atoms with Crippen molar-refractivity contribution < 1.29 is 37.3 Å². The van der Waals surface area contributed by atoms with Crippen LogP contribution in [0.1, 0.15) is 188 Å². The number of hydrogen-bond acceptors (Lipinski definition) is 7. The second kappa shape index (κ2) is 46.4. The SMILES string of the molecule is CC/C=C/C/C=C/C/C=C/C/C=C/C/C=C/CCC(=O)NC(COP(=O)([O-])OCC[N+](C)(C)C)C(/C=C/CCCCCCCCCCC)OC(=O)CCCCCC/C=C/C/C=C/C/C=C/CC. The van der Waals surface area contributed by atoms with Gasteiger partial charge in [0.2, 0.25) is 5.91 Å². The molecule has 67 heavy (non-hydrogen) atoms. The summed E-state index contributed by atoms with van der Waals surface area (Å²) in [5.41, 5.74) is 0. The molecule has 0 saturated carbocycles. The van der Waals surface area contributed by atoms with E-state index in [1.807, 2.05) is 39.4 Å². The van der Waals surface area contributed by atoms with E-state index in [9.17, 15) is 19.0 Å². The maximum absolute atomic E-state index is 13.4. The molecule has 3 atom stereocenters. The Kier molecular flexibility index (Phi) is 44.1. The second-order valence-corrected chi connectivity index (χ2v) is 19.7. The molecule has 9 nitrogen and oxygen atoms in total. The third-order valence-corrected chi connectivity index (χ3v) is 11.7. The summed E-state index contributed by atoms with van der Waals surface area (Å²) in [5.74, 6) is -0.677. The van der Waals surface area contributed by atoms with Gasteiger partial charge < -0.3 is 28.5 Å². The van der Waals surface area contributed by atoms with Crippen LogP contribution in [-0.2, 0) is 27.9 Å². The van der Waals surface area contributed by atoms with Crippen molar-refractivity contribution in [3.8, 4) is 0 Å². The third kappa shape index (κ3) is 47.5. The van der Waals surface area contributed by atoms with Gasteiger partial charge in [-0.3, -0.25) is 14.2 Å². The van der Waals surface area contributed by atoms with Crippen molar-refractivity contribution in [3.05, 3.63) is 109 Å². The maximum atomic E-state index is 13.4. The van der Waals surface area contributed by atoms with Gasteiger partial charge in [0.25, 0.3) is 7.82 Å². The third-order valence-electron chi connectivity index (χ3n) is 10.7. The normalized spacial score (nSPS) is 14.8. The molecule has 0 fully saturated rings.